The molecule has 0 aliphatic rings. The monoisotopic (exact) mass is 255 g/mol. The molecule has 0 aliphatic carbocycles. The van der Waals surface area contributed by atoms with Gasteiger partial charge in [0.2, 0.25) is 0 Å². The second kappa shape index (κ2) is 5.19. The molecule has 0 N–H and O–H groups in total. The molecule has 0 fully saturated rings. The van der Waals surface area contributed by atoms with E-state index < -0.39 is 0 Å². The van der Waals surface area contributed by atoms with Gasteiger partial charge in [-0.05, 0) is 38.3 Å². The van der Waals surface area contributed by atoms with Crippen LogP contribution in [0.2, 0.25) is 0 Å². The molecule has 2 aromatic heterocycles. The van der Waals surface area contributed by atoms with E-state index in [2.05, 4.69) is 21.4 Å². The first kappa shape index (κ1) is 13.2. The Morgan fingerprint density at radius 3 is 2.42 bits per heavy atom. The summed E-state index contributed by atoms with van der Waals surface area (Å²) in [5.74, 6) is 0.530. The van der Waals surface area contributed by atoms with Crippen LogP contribution in [0.1, 0.15) is 42.1 Å². The van der Waals surface area contributed by atoms with E-state index in [1.165, 1.54) is 0 Å². The van der Waals surface area contributed by atoms with E-state index in [1.54, 1.807) is 4.68 Å². The number of hydrogen-bond donors (Lipinski definition) is 0. The summed E-state index contributed by atoms with van der Waals surface area (Å²) >= 11 is 0. The van der Waals surface area contributed by atoms with E-state index >= 15 is 0 Å². The standard InChI is InChI=1S/C14H17N5/c1-5-11-12(8-15)14(17-16-13(11)6-2)19-10(4)7-9(3)18-19/h7H,5-6H2,1-4H3. The summed E-state index contributed by atoms with van der Waals surface area (Å²) in [5, 5.41) is 22.3. The molecule has 2 rings (SSSR count). The van der Waals surface area contributed by atoms with Crippen molar-refractivity contribution in [3.8, 4) is 11.9 Å². The molecule has 5 heteroatoms. The van der Waals surface area contributed by atoms with Crippen LogP contribution in [0.25, 0.3) is 5.82 Å². The maximum absolute atomic E-state index is 9.45. The van der Waals surface area contributed by atoms with Crippen LogP contribution < -0.4 is 0 Å². The molecule has 0 unspecified atom stereocenters. The maximum atomic E-state index is 9.45. The van der Waals surface area contributed by atoms with Gasteiger partial charge in [0.25, 0.3) is 0 Å². The van der Waals surface area contributed by atoms with Gasteiger partial charge in [0.05, 0.1) is 11.4 Å². The average molecular weight is 255 g/mol. The molecule has 2 aromatic rings. The minimum absolute atomic E-state index is 0.530. The third-order valence-corrected chi connectivity index (χ3v) is 3.15. The number of hydrogen-bond acceptors (Lipinski definition) is 4. The SMILES string of the molecule is CCc1nnc(-n2nc(C)cc2C)c(C#N)c1CC. The number of aromatic nitrogens is 4. The molecule has 0 bridgehead atoms. The van der Waals surface area contributed by atoms with Gasteiger partial charge in [-0.1, -0.05) is 13.8 Å². The van der Waals surface area contributed by atoms with Gasteiger partial charge in [0.1, 0.15) is 11.6 Å². The van der Waals surface area contributed by atoms with Gasteiger partial charge >= 0.3 is 0 Å². The highest BCUT2D eigenvalue weighted by atomic mass is 15.3. The molecule has 0 aromatic carbocycles. The largest absolute Gasteiger partial charge is 0.217 e. The number of nitrogens with zero attached hydrogens (tertiary/aromatic N) is 5. The van der Waals surface area contributed by atoms with Crippen LogP contribution in [0.5, 0.6) is 0 Å². The molecule has 0 radical (unpaired) electrons. The smallest absolute Gasteiger partial charge is 0.194 e. The van der Waals surface area contributed by atoms with E-state index in [0.717, 1.165) is 35.5 Å². The third kappa shape index (κ3) is 2.22. The Balaban J connectivity index is 2.72. The van der Waals surface area contributed by atoms with Crippen molar-refractivity contribution in [1.82, 2.24) is 20.0 Å². The van der Waals surface area contributed by atoms with Gasteiger partial charge in [-0.3, -0.25) is 0 Å². The van der Waals surface area contributed by atoms with Gasteiger partial charge in [-0.2, -0.15) is 15.5 Å². The summed E-state index contributed by atoms with van der Waals surface area (Å²) in [6.07, 6.45) is 1.55. The summed E-state index contributed by atoms with van der Waals surface area (Å²) in [6.45, 7) is 7.92. The maximum Gasteiger partial charge on any atom is 0.194 e. The first-order valence-corrected chi connectivity index (χ1v) is 6.44. The van der Waals surface area contributed by atoms with Crippen LogP contribution in [-0.4, -0.2) is 20.0 Å². The van der Waals surface area contributed by atoms with Crippen molar-refractivity contribution in [3.63, 3.8) is 0 Å². The lowest BCUT2D eigenvalue weighted by Gasteiger charge is -2.11. The van der Waals surface area contributed by atoms with Crippen molar-refractivity contribution in [2.24, 2.45) is 0 Å². The normalized spacial score (nSPS) is 10.5. The third-order valence-electron chi connectivity index (χ3n) is 3.15. The van der Waals surface area contributed by atoms with Crippen molar-refractivity contribution in [2.45, 2.75) is 40.5 Å². The van der Waals surface area contributed by atoms with Crippen molar-refractivity contribution in [2.75, 3.05) is 0 Å². The molecule has 2 heterocycles. The van der Waals surface area contributed by atoms with Crippen LogP contribution in [0, 0.1) is 25.2 Å². The number of nitriles is 1. The lowest BCUT2D eigenvalue weighted by atomic mass is 10.0. The van der Waals surface area contributed by atoms with E-state index in [4.69, 9.17) is 0 Å². The molecular weight excluding hydrogens is 238 g/mol. The summed E-state index contributed by atoms with van der Waals surface area (Å²) in [6, 6.07) is 4.22. The van der Waals surface area contributed by atoms with Crippen molar-refractivity contribution >= 4 is 0 Å². The fourth-order valence-corrected chi connectivity index (χ4v) is 2.27. The van der Waals surface area contributed by atoms with Crippen molar-refractivity contribution in [1.29, 1.82) is 5.26 Å². The quantitative estimate of drug-likeness (QED) is 0.843. The highest BCUT2D eigenvalue weighted by molar-refractivity contribution is 5.50. The Labute approximate surface area is 112 Å². The Morgan fingerprint density at radius 2 is 1.95 bits per heavy atom. The molecular formula is C14H17N5. The van der Waals surface area contributed by atoms with E-state index in [0.29, 0.717) is 11.4 Å². The topological polar surface area (TPSA) is 67.4 Å². The molecule has 98 valence electrons. The molecule has 0 atom stereocenters. The zero-order valence-corrected chi connectivity index (χ0v) is 11.7. The predicted molar refractivity (Wildman–Crippen MR) is 72.1 cm³/mol. The Bertz CT molecular complexity index is 649. The first-order chi connectivity index (χ1) is 9.12. The lowest BCUT2D eigenvalue weighted by Crippen LogP contribution is -2.11. The molecule has 19 heavy (non-hydrogen) atoms. The zero-order chi connectivity index (χ0) is 14.0. The summed E-state index contributed by atoms with van der Waals surface area (Å²) < 4.78 is 1.69. The Hall–Kier alpha value is -2.22. The molecule has 0 aliphatic heterocycles. The van der Waals surface area contributed by atoms with Gasteiger partial charge in [-0.15, -0.1) is 5.10 Å². The van der Waals surface area contributed by atoms with Crippen LogP contribution in [-0.2, 0) is 12.8 Å². The van der Waals surface area contributed by atoms with Crippen LogP contribution in [0.15, 0.2) is 6.07 Å². The minimum Gasteiger partial charge on any atom is -0.217 e. The number of rotatable bonds is 3. The second-order valence-electron chi connectivity index (χ2n) is 4.48. The predicted octanol–water partition coefficient (Wildman–Crippen LogP) is 2.28. The summed E-state index contributed by atoms with van der Waals surface area (Å²) in [5.41, 5.74) is 4.31. The fraction of sp³-hybridized carbons (Fsp3) is 0.429. The molecule has 0 spiro atoms. The second-order valence-corrected chi connectivity index (χ2v) is 4.48. The van der Waals surface area contributed by atoms with Crippen molar-refractivity contribution in [3.05, 3.63) is 34.3 Å². The van der Waals surface area contributed by atoms with Gasteiger partial charge < -0.3 is 0 Å². The first-order valence-electron chi connectivity index (χ1n) is 6.44. The molecule has 5 nitrogen and oxygen atoms in total. The summed E-state index contributed by atoms with van der Waals surface area (Å²) in [4.78, 5) is 0. The van der Waals surface area contributed by atoms with Crippen LogP contribution in [0.3, 0.4) is 0 Å². The van der Waals surface area contributed by atoms with Gasteiger partial charge in [0.15, 0.2) is 5.82 Å². The highest BCUT2D eigenvalue weighted by Gasteiger charge is 2.17. The minimum atomic E-state index is 0.530. The molecule has 0 saturated heterocycles. The average Bonchev–Trinajstić information content (AvgIpc) is 2.75. The summed E-state index contributed by atoms with van der Waals surface area (Å²) in [7, 11) is 0. The number of aryl methyl sites for hydroxylation is 3. The van der Waals surface area contributed by atoms with Crippen LogP contribution >= 0.6 is 0 Å². The van der Waals surface area contributed by atoms with E-state index in [9.17, 15) is 5.26 Å². The van der Waals surface area contributed by atoms with Gasteiger partial charge in [-0.25, -0.2) is 4.68 Å². The van der Waals surface area contributed by atoms with E-state index in [1.807, 2.05) is 33.8 Å². The molecule has 0 saturated carbocycles. The zero-order valence-electron chi connectivity index (χ0n) is 11.7. The molecule has 0 amide bonds. The Morgan fingerprint density at radius 1 is 1.21 bits per heavy atom. The van der Waals surface area contributed by atoms with Gasteiger partial charge in [0, 0.05) is 5.69 Å². The van der Waals surface area contributed by atoms with Crippen molar-refractivity contribution < 1.29 is 0 Å². The van der Waals surface area contributed by atoms with E-state index in [-0.39, 0.29) is 0 Å². The highest BCUT2D eigenvalue weighted by Crippen LogP contribution is 2.20. The van der Waals surface area contributed by atoms with Crippen LogP contribution in [0.4, 0.5) is 0 Å². The Kier molecular flexibility index (Phi) is 3.61. The fourth-order valence-electron chi connectivity index (χ4n) is 2.27. The lowest BCUT2D eigenvalue weighted by molar-refractivity contribution is 0.755.